The summed E-state index contributed by atoms with van der Waals surface area (Å²) in [5.41, 5.74) is 5.96. The van der Waals surface area contributed by atoms with Gasteiger partial charge in [0.15, 0.2) is 11.0 Å². The molecule has 1 rings (SSSR count). The molecule has 0 spiro atoms. The molecule has 4 N–H and O–H groups in total. The Morgan fingerprint density at radius 1 is 1.57 bits per heavy atom. The number of hydrogen-bond acceptors (Lipinski definition) is 5. The first kappa shape index (κ1) is 11.0. The summed E-state index contributed by atoms with van der Waals surface area (Å²) in [4.78, 5) is 7.97. The van der Waals surface area contributed by atoms with Crippen LogP contribution in [0.15, 0.2) is 0 Å². The van der Waals surface area contributed by atoms with Crippen molar-refractivity contribution in [1.29, 1.82) is 0 Å². The number of rotatable bonds is 3. The second kappa shape index (κ2) is 4.43. The van der Waals surface area contributed by atoms with Crippen LogP contribution in [0.4, 0.5) is 11.5 Å². The maximum absolute atomic E-state index is 8.85. The number of hydrogen-bond donors (Lipinski definition) is 3. The highest BCUT2D eigenvalue weighted by atomic mass is 35.5. The van der Waals surface area contributed by atoms with Gasteiger partial charge in [-0.2, -0.15) is 0 Å². The molecule has 1 atom stereocenters. The molecule has 0 fully saturated rings. The highest BCUT2D eigenvalue weighted by molar-refractivity contribution is 6.32. The Morgan fingerprint density at radius 3 is 2.79 bits per heavy atom. The van der Waals surface area contributed by atoms with Crippen LogP contribution in [0.25, 0.3) is 0 Å². The van der Waals surface area contributed by atoms with E-state index in [2.05, 4.69) is 15.3 Å². The molecule has 0 saturated carbocycles. The van der Waals surface area contributed by atoms with E-state index in [0.717, 1.165) is 0 Å². The third-order valence-electron chi connectivity index (χ3n) is 1.67. The standard InChI is InChI=1S/C8H13ClN4O/c1-4(3-14)11-8-6(10)7(9)12-5(2)13-8/h4,14H,3,10H2,1-2H3,(H,11,12,13). The Hall–Kier alpha value is -1.07. The van der Waals surface area contributed by atoms with E-state index in [9.17, 15) is 0 Å². The fourth-order valence-electron chi connectivity index (χ4n) is 0.936. The summed E-state index contributed by atoms with van der Waals surface area (Å²) in [5, 5.41) is 12.0. The highest BCUT2D eigenvalue weighted by Crippen LogP contribution is 2.23. The van der Waals surface area contributed by atoms with E-state index >= 15 is 0 Å². The molecule has 14 heavy (non-hydrogen) atoms. The molecule has 0 bridgehead atoms. The number of anilines is 2. The van der Waals surface area contributed by atoms with Crippen LogP contribution >= 0.6 is 11.6 Å². The van der Waals surface area contributed by atoms with Crippen molar-refractivity contribution < 1.29 is 5.11 Å². The molecule has 0 aliphatic heterocycles. The molecule has 1 aromatic heterocycles. The molecule has 0 aliphatic carbocycles. The smallest absolute Gasteiger partial charge is 0.157 e. The van der Waals surface area contributed by atoms with Crippen molar-refractivity contribution in [3.05, 3.63) is 11.0 Å². The monoisotopic (exact) mass is 216 g/mol. The summed E-state index contributed by atoms with van der Waals surface area (Å²) < 4.78 is 0. The van der Waals surface area contributed by atoms with Gasteiger partial charge in [-0.05, 0) is 13.8 Å². The molecule has 0 radical (unpaired) electrons. The lowest BCUT2D eigenvalue weighted by Crippen LogP contribution is -2.21. The van der Waals surface area contributed by atoms with Crippen LogP contribution in [0.1, 0.15) is 12.7 Å². The zero-order valence-electron chi connectivity index (χ0n) is 8.08. The maximum atomic E-state index is 8.85. The van der Waals surface area contributed by atoms with Crippen LogP contribution in [-0.2, 0) is 0 Å². The van der Waals surface area contributed by atoms with Crippen molar-refractivity contribution in [1.82, 2.24) is 9.97 Å². The first-order chi connectivity index (χ1) is 6.54. The Labute approximate surface area is 87.3 Å². The summed E-state index contributed by atoms with van der Waals surface area (Å²) in [6.45, 7) is 3.53. The zero-order valence-corrected chi connectivity index (χ0v) is 8.84. The van der Waals surface area contributed by atoms with E-state index in [1.54, 1.807) is 6.92 Å². The molecular weight excluding hydrogens is 204 g/mol. The van der Waals surface area contributed by atoms with Gasteiger partial charge in [-0.1, -0.05) is 11.6 Å². The lowest BCUT2D eigenvalue weighted by atomic mass is 10.3. The third kappa shape index (κ3) is 2.46. The average Bonchev–Trinajstić information content (AvgIpc) is 2.13. The molecule has 0 saturated heterocycles. The Kier molecular flexibility index (Phi) is 3.49. The second-order valence-corrected chi connectivity index (χ2v) is 3.41. The van der Waals surface area contributed by atoms with Gasteiger partial charge in [0, 0.05) is 6.04 Å². The topological polar surface area (TPSA) is 84.1 Å². The predicted molar refractivity (Wildman–Crippen MR) is 56.4 cm³/mol. The van der Waals surface area contributed by atoms with Gasteiger partial charge in [-0.25, -0.2) is 9.97 Å². The van der Waals surface area contributed by atoms with Crippen molar-refractivity contribution in [2.24, 2.45) is 0 Å². The number of aromatic nitrogens is 2. The van der Waals surface area contributed by atoms with Crippen molar-refractivity contribution >= 4 is 23.1 Å². The zero-order chi connectivity index (χ0) is 10.7. The van der Waals surface area contributed by atoms with E-state index in [-0.39, 0.29) is 17.8 Å². The molecule has 0 aromatic carbocycles. The quantitative estimate of drug-likeness (QED) is 0.652. The molecule has 1 unspecified atom stereocenters. The Bertz CT molecular complexity index is 331. The summed E-state index contributed by atoms with van der Waals surface area (Å²) >= 11 is 5.77. The lowest BCUT2D eigenvalue weighted by Gasteiger charge is -2.13. The number of aliphatic hydroxyl groups is 1. The first-order valence-corrected chi connectivity index (χ1v) is 4.59. The fourth-order valence-corrected chi connectivity index (χ4v) is 1.15. The SMILES string of the molecule is Cc1nc(Cl)c(N)c(NC(C)CO)n1. The van der Waals surface area contributed by atoms with Gasteiger partial charge in [0.05, 0.1) is 6.61 Å². The Morgan fingerprint density at radius 2 is 2.21 bits per heavy atom. The number of nitrogens with two attached hydrogens (primary N) is 1. The largest absolute Gasteiger partial charge is 0.394 e. The minimum atomic E-state index is -0.123. The average molecular weight is 217 g/mol. The van der Waals surface area contributed by atoms with E-state index in [4.69, 9.17) is 22.4 Å². The maximum Gasteiger partial charge on any atom is 0.157 e. The van der Waals surface area contributed by atoms with Gasteiger partial charge in [-0.3, -0.25) is 0 Å². The van der Waals surface area contributed by atoms with Crippen LogP contribution in [-0.4, -0.2) is 27.7 Å². The number of aliphatic hydroxyl groups excluding tert-OH is 1. The number of aryl methyl sites for hydroxylation is 1. The van der Waals surface area contributed by atoms with Gasteiger partial charge in [-0.15, -0.1) is 0 Å². The van der Waals surface area contributed by atoms with Gasteiger partial charge in [0.2, 0.25) is 0 Å². The van der Waals surface area contributed by atoms with Gasteiger partial charge in [0.25, 0.3) is 0 Å². The third-order valence-corrected chi connectivity index (χ3v) is 1.96. The van der Waals surface area contributed by atoms with Crippen LogP contribution in [0.3, 0.4) is 0 Å². The van der Waals surface area contributed by atoms with Crippen LogP contribution < -0.4 is 11.1 Å². The summed E-state index contributed by atoms with van der Waals surface area (Å²) in [6.07, 6.45) is 0. The number of halogens is 1. The van der Waals surface area contributed by atoms with Crippen molar-refractivity contribution in [2.75, 3.05) is 17.7 Å². The summed E-state index contributed by atoms with van der Waals surface area (Å²) in [6, 6.07) is -0.123. The molecule has 0 aliphatic rings. The molecular formula is C8H13ClN4O. The van der Waals surface area contributed by atoms with E-state index in [1.807, 2.05) is 6.92 Å². The predicted octanol–water partition coefficient (Wildman–Crippen LogP) is 0.813. The van der Waals surface area contributed by atoms with Gasteiger partial charge in [0.1, 0.15) is 11.5 Å². The molecule has 78 valence electrons. The molecule has 1 aromatic rings. The Balaban J connectivity index is 2.96. The van der Waals surface area contributed by atoms with Crippen LogP contribution in [0, 0.1) is 6.92 Å². The summed E-state index contributed by atoms with van der Waals surface area (Å²) in [7, 11) is 0. The van der Waals surface area contributed by atoms with Crippen LogP contribution in [0.5, 0.6) is 0 Å². The first-order valence-electron chi connectivity index (χ1n) is 4.21. The van der Waals surface area contributed by atoms with Gasteiger partial charge >= 0.3 is 0 Å². The summed E-state index contributed by atoms with van der Waals surface area (Å²) in [5.74, 6) is 1.00. The van der Waals surface area contributed by atoms with Crippen molar-refractivity contribution in [2.45, 2.75) is 19.9 Å². The van der Waals surface area contributed by atoms with E-state index in [0.29, 0.717) is 17.3 Å². The van der Waals surface area contributed by atoms with Gasteiger partial charge < -0.3 is 16.2 Å². The van der Waals surface area contributed by atoms with Crippen LogP contribution in [0.2, 0.25) is 5.15 Å². The number of nitrogens with one attached hydrogen (secondary N) is 1. The van der Waals surface area contributed by atoms with E-state index < -0.39 is 0 Å². The number of nitrogens with zero attached hydrogens (tertiary/aromatic N) is 2. The van der Waals surface area contributed by atoms with Crippen molar-refractivity contribution in [3.8, 4) is 0 Å². The second-order valence-electron chi connectivity index (χ2n) is 3.05. The molecule has 1 heterocycles. The van der Waals surface area contributed by atoms with E-state index in [1.165, 1.54) is 0 Å². The molecule has 0 amide bonds. The highest BCUT2D eigenvalue weighted by Gasteiger charge is 2.09. The molecule has 6 heteroatoms. The lowest BCUT2D eigenvalue weighted by molar-refractivity contribution is 0.281. The molecule has 5 nitrogen and oxygen atoms in total. The minimum absolute atomic E-state index is 0.000109. The number of nitrogen functional groups attached to an aromatic ring is 1. The van der Waals surface area contributed by atoms with Crippen molar-refractivity contribution in [3.63, 3.8) is 0 Å². The normalized spacial score (nSPS) is 12.6. The fraction of sp³-hybridized carbons (Fsp3) is 0.500. The minimum Gasteiger partial charge on any atom is -0.394 e.